The Morgan fingerprint density at radius 1 is 1.11 bits per heavy atom. The molecule has 10 atom stereocenters. The summed E-state index contributed by atoms with van der Waals surface area (Å²) in [5, 5.41) is 22.8. The number of esters is 1. The van der Waals surface area contributed by atoms with Crippen LogP contribution in [0.5, 0.6) is 0 Å². The third-order valence-corrected chi connectivity index (χ3v) is 9.30. The van der Waals surface area contributed by atoms with E-state index in [9.17, 15) is 15.0 Å². The quantitative estimate of drug-likeness (QED) is 0.352. The zero-order chi connectivity index (χ0) is 27.2. The first kappa shape index (κ1) is 27.8. The molecular formula is C31H44O7. The second-order valence-electron chi connectivity index (χ2n) is 12.4. The molecule has 1 spiro atoms. The Balaban J connectivity index is 1.51. The van der Waals surface area contributed by atoms with Gasteiger partial charge >= 0.3 is 5.97 Å². The van der Waals surface area contributed by atoms with Gasteiger partial charge in [0.15, 0.2) is 5.79 Å². The molecule has 3 fully saturated rings. The molecule has 38 heavy (non-hydrogen) atoms. The lowest BCUT2D eigenvalue weighted by Crippen LogP contribution is -2.58. The first-order valence-corrected chi connectivity index (χ1v) is 14.3. The lowest BCUT2D eigenvalue weighted by molar-refractivity contribution is -0.332. The Morgan fingerprint density at radius 3 is 2.66 bits per heavy atom. The van der Waals surface area contributed by atoms with Crippen LogP contribution in [0.2, 0.25) is 0 Å². The van der Waals surface area contributed by atoms with Crippen molar-refractivity contribution in [3.05, 3.63) is 47.1 Å². The average molecular weight is 529 g/mol. The van der Waals surface area contributed by atoms with E-state index < -0.39 is 41.6 Å². The lowest BCUT2D eigenvalue weighted by Gasteiger charge is -2.49. The molecule has 3 saturated heterocycles. The molecule has 4 aliphatic heterocycles. The fraction of sp³-hybridized carbons (Fsp3) is 0.710. The van der Waals surface area contributed by atoms with Crippen LogP contribution in [-0.4, -0.2) is 64.7 Å². The topological polar surface area (TPSA) is 94.5 Å². The van der Waals surface area contributed by atoms with E-state index in [2.05, 4.69) is 39.8 Å². The van der Waals surface area contributed by atoms with Crippen molar-refractivity contribution in [2.45, 2.75) is 115 Å². The van der Waals surface area contributed by atoms with Crippen molar-refractivity contribution in [1.82, 2.24) is 0 Å². The van der Waals surface area contributed by atoms with Crippen LogP contribution in [0.4, 0.5) is 0 Å². The maximum atomic E-state index is 13.8. The number of aliphatic hydroxyl groups excluding tert-OH is 1. The number of carbonyl (C=O) groups is 1. The van der Waals surface area contributed by atoms with Crippen molar-refractivity contribution in [3.63, 3.8) is 0 Å². The van der Waals surface area contributed by atoms with Crippen LogP contribution in [0, 0.1) is 17.8 Å². The van der Waals surface area contributed by atoms with Gasteiger partial charge in [0, 0.05) is 19.3 Å². The van der Waals surface area contributed by atoms with Gasteiger partial charge in [-0.1, -0.05) is 49.8 Å². The molecule has 5 aliphatic rings. The fourth-order valence-corrected chi connectivity index (χ4v) is 6.85. The van der Waals surface area contributed by atoms with Crippen LogP contribution in [0.25, 0.3) is 0 Å². The smallest absolute Gasteiger partial charge is 0.316 e. The SMILES string of the molecule is CC1=CC2C(=O)O[C@H]3CC(C/C=C(\C)C[C@@H](C)/C=C/C=C4\CO[C@H]([C@@H]1O)[C@@]42O)O[C@@]1(CC[C@H](C)[C@@H](C)O1)C3. The number of hydrogen-bond acceptors (Lipinski definition) is 7. The van der Waals surface area contributed by atoms with E-state index in [0.29, 0.717) is 35.8 Å². The number of aliphatic hydroxyl groups is 2. The standard InChI is InChI=1S/C31H44O7/c1-18-7-6-8-23-17-35-28-27(32)21(4)14-26(31(23,28)34)29(33)36-25-15-24(10-9-19(2)13-18)38-30(16-25)12-11-20(3)22(5)37-30/h6-9,14,18,20,22,24-28,32,34H,10-13,15-17H2,1-5H3/b7-6+,19-9+,23-8+/t18-,20-,22+,24?,25-,26?,27+,28+,30-,31+/m0/s1. The van der Waals surface area contributed by atoms with Crippen LogP contribution >= 0.6 is 0 Å². The Kier molecular flexibility index (Phi) is 7.79. The average Bonchev–Trinajstić information content (AvgIpc) is 3.19. The Morgan fingerprint density at radius 2 is 1.89 bits per heavy atom. The maximum absolute atomic E-state index is 13.8. The van der Waals surface area contributed by atoms with Gasteiger partial charge in [0.05, 0.1) is 18.8 Å². The summed E-state index contributed by atoms with van der Waals surface area (Å²) in [6.07, 6.45) is 11.8. The van der Waals surface area contributed by atoms with Crippen molar-refractivity contribution >= 4 is 5.97 Å². The molecule has 7 nitrogen and oxygen atoms in total. The Hall–Kier alpha value is -1.77. The van der Waals surface area contributed by atoms with Gasteiger partial charge in [0.25, 0.3) is 0 Å². The minimum Gasteiger partial charge on any atom is -0.462 e. The maximum Gasteiger partial charge on any atom is 0.316 e. The summed E-state index contributed by atoms with van der Waals surface area (Å²) >= 11 is 0. The molecule has 5 rings (SSSR count). The van der Waals surface area contributed by atoms with E-state index in [1.165, 1.54) is 5.57 Å². The van der Waals surface area contributed by atoms with Gasteiger partial charge in [-0.3, -0.25) is 4.79 Å². The largest absolute Gasteiger partial charge is 0.462 e. The molecule has 4 heterocycles. The lowest BCUT2D eigenvalue weighted by atomic mass is 9.71. The van der Waals surface area contributed by atoms with Crippen molar-refractivity contribution in [3.8, 4) is 0 Å². The van der Waals surface area contributed by atoms with E-state index in [-0.39, 0.29) is 18.8 Å². The summed E-state index contributed by atoms with van der Waals surface area (Å²) in [7, 11) is 0. The highest BCUT2D eigenvalue weighted by molar-refractivity contribution is 5.78. The van der Waals surface area contributed by atoms with E-state index in [0.717, 1.165) is 25.7 Å². The van der Waals surface area contributed by atoms with Gasteiger partial charge in [-0.05, 0) is 63.0 Å². The summed E-state index contributed by atoms with van der Waals surface area (Å²) in [6, 6.07) is 0. The zero-order valence-electron chi connectivity index (χ0n) is 23.4. The van der Waals surface area contributed by atoms with Gasteiger partial charge in [-0.15, -0.1) is 0 Å². The molecule has 7 heteroatoms. The van der Waals surface area contributed by atoms with Crippen molar-refractivity contribution in [1.29, 1.82) is 0 Å². The second-order valence-corrected chi connectivity index (χ2v) is 12.4. The van der Waals surface area contributed by atoms with E-state index in [1.807, 2.05) is 12.2 Å². The van der Waals surface area contributed by atoms with Gasteiger partial charge in [-0.25, -0.2) is 0 Å². The van der Waals surface area contributed by atoms with Crippen LogP contribution in [0.15, 0.2) is 47.1 Å². The molecule has 2 N–H and O–H groups in total. The predicted molar refractivity (Wildman–Crippen MR) is 143 cm³/mol. The van der Waals surface area contributed by atoms with Gasteiger partial charge in [-0.2, -0.15) is 0 Å². The molecule has 2 bridgehead atoms. The third kappa shape index (κ3) is 5.20. The number of hydrogen-bond donors (Lipinski definition) is 2. The first-order valence-electron chi connectivity index (χ1n) is 14.3. The van der Waals surface area contributed by atoms with Crippen molar-refractivity contribution in [2.75, 3.05) is 6.61 Å². The molecule has 1 aliphatic carbocycles. The number of ether oxygens (including phenoxy) is 4. The van der Waals surface area contributed by atoms with Crippen LogP contribution in [0.3, 0.4) is 0 Å². The molecule has 2 unspecified atom stereocenters. The molecule has 0 radical (unpaired) electrons. The van der Waals surface area contributed by atoms with Gasteiger partial charge in [0.2, 0.25) is 0 Å². The predicted octanol–water partition coefficient (Wildman–Crippen LogP) is 4.53. The van der Waals surface area contributed by atoms with E-state index >= 15 is 0 Å². The number of fused-ring (bicyclic) bond motifs is 2. The minimum absolute atomic E-state index is 0.0526. The van der Waals surface area contributed by atoms with Crippen molar-refractivity contribution in [2.24, 2.45) is 17.8 Å². The fourth-order valence-electron chi connectivity index (χ4n) is 6.85. The van der Waals surface area contributed by atoms with Crippen molar-refractivity contribution < 1.29 is 34.0 Å². The normalized spacial score (nSPS) is 49.7. The minimum atomic E-state index is -1.68. The highest BCUT2D eigenvalue weighted by Crippen LogP contribution is 2.47. The Labute approximate surface area is 226 Å². The highest BCUT2D eigenvalue weighted by Gasteiger charge is 2.60. The van der Waals surface area contributed by atoms with Crippen LogP contribution < -0.4 is 0 Å². The first-order chi connectivity index (χ1) is 18.0. The van der Waals surface area contributed by atoms with E-state index in [4.69, 9.17) is 18.9 Å². The van der Waals surface area contributed by atoms with E-state index in [1.54, 1.807) is 13.0 Å². The molecule has 0 aromatic carbocycles. The Bertz CT molecular complexity index is 1040. The molecule has 0 amide bonds. The van der Waals surface area contributed by atoms with Gasteiger partial charge < -0.3 is 29.2 Å². The second kappa shape index (κ2) is 10.7. The number of rotatable bonds is 0. The molecule has 0 saturated carbocycles. The molecule has 210 valence electrons. The summed E-state index contributed by atoms with van der Waals surface area (Å²) in [5.74, 6) is -1.53. The summed E-state index contributed by atoms with van der Waals surface area (Å²) in [5.41, 5.74) is 0.783. The zero-order valence-corrected chi connectivity index (χ0v) is 23.4. The van der Waals surface area contributed by atoms with Crippen LogP contribution in [-0.2, 0) is 23.7 Å². The molecular weight excluding hydrogens is 484 g/mol. The monoisotopic (exact) mass is 528 g/mol. The highest BCUT2D eigenvalue weighted by atomic mass is 16.7. The van der Waals surface area contributed by atoms with Gasteiger partial charge in [0.1, 0.15) is 29.8 Å². The number of allylic oxidation sites excluding steroid dienone is 4. The summed E-state index contributed by atoms with van der Waals surface area (Å²) < 4.78 is 25.2. The summed E-state index contributed by atoms with van der Waals surface area (Å²) in [4.78, 5) is 13.8. The number of carbonyl (C=O) groups excluding carboxylic acids is 1. The molecule has 0 aromatic rings. The molecule has 0 aromatic heterocycles. The summed E-state index contributed by atoms with van der Waals surface area (Å²) in [6.45, 7) is 10.5. The third-order valence-electron chi connectivity index (χ3n) is 9.30. The van der Waals surface area contributed by atoms with Crippen LogP contribution in [0.1, 0.15) is 73.1 Å².